The van der Waals surface area contributed by atoms with E-state index in [4.69, 9.17) is 10.00 Å². The lowest BCUT2D eigenvalue weighted by Crippen LogP contribution is -2.16. The Kier molecular flexibility index (Phi) is 5.87. The first kappa shape index (κ1) is 16.3. The molecule has 122 valence electrons. The van der Waals surface area contributed by atoms with E-state index in [1.807, 2.05) is 18.2 Å². The highest BCUT2D eigenvalue weighted by Gasteiger charge is 2.13. The number of hydrogen-bond acceptors (Lipinski definition) is 4. The van der Waals surface area contributed by atoms with E-state index < -0.39 is 0 Å². The Morgan fingerprint density at radius 3 is 2.30 bits per heavy atom. The lowest BCUT2D eigenvalue weighted by atomic mass is 10.1. The molecule has 4 heteroatoms. The second kappa shape index (κ2) is 8.31. The van der Waals surface area contributed by atoms with Crippen LogP contribution in [0.3, 0.4) is 0 Å². The maximum absolute atomic E-state index is 8.97. The molecule has 1 aromatic carbocycles. The fraction of sp³-hybridized carbons (Fsp3) is 0.579. The highest BCUT2D eigenvalue weighted by molar-refractivity contribution is 7.19. The van der Waals surface area contributed by atoms with Gasteiger partial charge in [0.05, 0.1) is 16.3 Å². The molecular weight excluding hydrogens is 304 g/mol. The van der Waals surface area contributed by atoms with Crippen molar-refractivity contribution in [3.63, 3.8) is 0 Å². The van der Waals surface area contributed by atoms with Crippen molar-refractivity contribution < 1.29 is 4.74 Å². The molecule has 0 spiro atoms. The van der Waals surface area contributed by atoms with Gasteiger partial charge in [0.1, 0.15) is 11.8 Å². The van der Waals surface area contributed by atoms with E-state index in [1.54, 1.807) is 0 Å². The minimum absolute atomic E-state index is 0.328. The maximum atomic E-state index is 8.97. The predicted octanol–water partition coefficient (Wildman–Crippen LogP) is 5.83. The summed E-state index contributed by atoms with van der Waals surface area (Å²) in [5.74, 6) is 0.922. The molecule has 0 bridgehead atoms. The zero-order valence-corrected chi connectivity index (χ0v) is 14.4. The second-order valence-corrected chi connectivity index (χ2v) is 7.44. The first-order valence-corrected chi connectivity index (χ1v) is 9.64. The number of hydrogen-bond donors (Lipinski definition) is 0. The lowest BCUT2D eigenvalue weighted by molar-refractivity contribution is 0.174. The van der Waals surface area contributed by atoms with Crippen LogP contribution in [0.1, 0.15) is 69.2 Å². The minimum Gasteiger partial charge on any atom is -0.490 e. The fourth-order valence-electron chi connectivity index (χ4n) is 3.29. The van der Waals surface area contributed by atoms with Gasteiger partial charge in [-0.05, 0) is 43.9 Å². The molecule has 1 fully saturated rings. The van der Waals surface area contributed by atoms with Gasteiger partial charge in [0.15, 0.2) is 5.01 Å². The monoisotopic (exact) mass is 328 g/mol. The van der Waals surface area contributed by atoms with Gasteiger partial charge in [-0.15, -0.1) is 11.3 Å². The summed E-state index contributed by atoms with van der Waals surface area (Å²) in [6.07, 6.45) is 13.4. The summed E-state index contributed by atoms with van der Waals surface area (Å²) in [7, 11) is 0. The van der Waals surface area contributed by atoms with Crippen molar-refractivity contribution >= 4 is 21.6 Å². The topological polar surface area (TPSA) is 45.9 Å². The van der Waals surface area contributed by atoms with Crippen molar-refractivity contribution in [2.75, 3.05) is 0 Å². The Hall–Kier alpha value is -1.60. The van der Waals surface area contributed by atoms with Crippen LogP contribution in [0.25, 0.3) is 10.2 Å². The third-order valence-corrected chi connectivity index (χ3v) is 5.48. The number of nitrogens with zero attached hydrogens (tertiary/aromatic N) is 2. The molecule has 0 N–H and O–H groups in total. The van der Waals surface area contributed by atoms with Gasteiger partial charge in [-0.2, -0.15) is 5.26 Å². The molecule has 1 heterocycles. The molecule has 1 aliphatic rings. The number of fused-ring (bicyclic) bond motifs is 1. The molecule has 1 aliphatic carbocycles. The summed E-state index contributed by atoms with van der Waals surface area (Å²) < 4.78 is 7.31. The van der Waals surface area contributed by atoms with Crippen molar-refractivity contribution in [2.24, 2.45) is 0 Å². The van der Waals surface area contributed by atoms with Crippen LogP contribution in [-0.4, -0.2) is 11.1 Å². The van der Waals surface area contributed by atoms with Crippen LogP contribution in [0, 0.1) is 11.3 Å². The third-order valence-electron chi connectivity index (χ3n) is 4.56. The van der Waals surface area contributed by atoms with Gasteiger partial charge in [-0.3, -0.25) is 0 Å². The van der Waals surface area contributed by atoms with Crippen molar-refractivity contribution in [2.45, 2.75) is 70.3 Å². The zero-order chi connectivity index (χ0) is 15.9. The van der Waals surface area contributed by atoms with E-state index >= 15 is 0 Å². The Balaban J connectivity index is 1.66. The molecule has 1 saturated carbocycles. The standard InChI is InChI=1S/C19H24N2OS/c20-14-19-21-17-12-11-16(13-18(17)23-19)22-15-9-7-5-3-1-2-4-6-8-10-15/h11-13,15H,1-10H2. The summed E-state index contributed by atoms with van der Waals surface area (Å²) in [5, 5.41) is 9.49. The summed E-state index contributed by atoms with van der Waals surface area (Å²) in [6, 6.07) is 8.12. The van der Waals surface area contributed by atoms with Crippen molar-refractivity contribution in [1.29, 1.82) is 5.26 Å². The van der Waals surface area contributed by atoms with E-state index in [1.165, 1.54) is 62.7 Å². The van der Waals surface area contributed by atoms with Gasteiger partial charge in [-0.25, -0.2) is 4.98 Å². The molecule has 2 aromatic rings. The first-order chi connectivity index (χ1) is 11.3. The van der Waals surface area contributed by atoms with E-state index in [0.29, 0.717) is 11.1 Å². The van der Waals surface area contributed by atoms with E-state index in [2.05, 4.69) is 11.1 Å². The summed E-state index contributed by atoms with van der Waals surface area (Å²) in [6.45, 7) is 0. The summed E-state index contributed by atoms with van der Waals surface area (Å²) in [4.78, 5) is 4.28. The Morgan fingerprint density at radius 1 is 1.00 bits per heavy atom. The van der Waals surface area contributed by atoms with Gasteiger partial charge in [0.25, 0.3) is 0 Å². The number of nitriles is 1. The van der Waals surface area contributed by atoms with Gasteiger partial charge in [0.2, 0.25) is 0 Å². The SMILES string of the molecule is N#Cc1nc2ccc(OC3CCCCCCCCCC3)cc2s1. The quantitative estimate of drug-likeness (QED) is 0.696. The van der Waals surface area contributed by atoms with Crippen LogP contribution in [0.5, 0.6) is 5.75 Å². The molecule has 1 aromatic heterocycles. The van der Waals surface area contributed by atoms with Crippen LogP contribution < -0.4 is 4.74 Å². The summed E-state index contributed by atoms with van der Waals surface area (Å²) >= 11 is 1.44. The van der Waals surface area contributed by atoms with Gasteiger partial charge in [-0.1, -0.05) is 38.5 Å². The molecule has 3 nitrogen and oxygen atoms in total. The first-order valence-electron chi connectivity index (χ1n) is 8.82. The highest BCUT2D eigenvalue weighted by atomic mass is 32.1. The molecule has 0 unspecified atom stereocenters. The van der Waals surface area contributed by atoms with Gasteiger partial charge >= 0.3 is 0 Å². The minimum atomic E-state index is 0.328. The number of rotatable bonds is 2. The fourth-order valence-corrected chi connectivity index (χ4v) is 4.08. The number of aromatic nitrogens is 1. The van der Waals surface area contributed by atoms with Crippen LogP contribution in [-0.2, 0) is 0 Å². The van der Waals surface area contributed by atoms with E-state index in [0.717, 1.165) is 28.8 Å². The third kappa shape index (κ3) is 4.68. The smallest absolute Gasteiger partial charge is 0.195 e. The molecule has 23 heavy (non-hydrogen) atoms. The summed E-state index contributed by atoms with van der Waals surface area (Å²) in [5.41, 5.74) is 0.890. The van der Waals surface area contributed by atoms with Crippen molar-refractivity contribution in [3.8, 4) is 11.8 Å². The Labute approximate surface area is 142 Å². The zero-order valence-electron chi connectivity index (χ0n) is 13.6. The predicted molar refractivity (Wildman–Crippen MR) is 94.9 cm³/mol. The van der Waals surface area contributed by atoms with Crippen LogP contribution in [0.2, 0.25) is 0 Å². The average Bonchev–Trinajstić information content (AvgIpc) is 2.95. The number of ether oxygens (including phenoxy) is 1. The largest absolute Gasteiger partial charge is 0.490 e. The van der Waals surface area contributed by atoms with E-state index in [-0.39, 0.29) is 0 Å². The Bertz CT molecular complexity index is 662. The number of thiazole rings is 1. The van der Waals surface area contributed by atoms with Crippen LogP contribution >= 0.6 is 11.3 Å². The molecule has 0 aliphatic heterocycles. The van der Waals surface area contributed by atoms with Crippen LogP contribution in [0.15, 0.2) is 18.2 Å². The lowest BCUT2D eigenvalue weighted by Gasteiger charge is -2.19. The van der Waals surface area contributed by atoms with Crippen molar-refractivity contribution in [3.05, 3.63) is 23.2 Å². The molecule has 0 saturated heterocycles. The molecular formula is C19H24N2OS. The highest BCUT2D eigenvalue weighted by Crippen LogP contribution is 2.28. The average molecular weight is 328 g/mol. The normalized spacial score (nSPS) is 18.2. The van der Waals surface area contributed by atoms with Gasteiger partial charge < -0.3 is 4.74 Å². The van der Waals surface area contributed by atoms with Crippen LogP contribution in [0.4, 0.5) is 0 Å². The second-order valence-electron chi connectivity index (χ2n) is 6.41. The number of benzene rings is 1. The molecule has 0 atom stereocenters. The maximum Gasteiger partial charge on any atom is 0.195 e. The Morgan fingerprint density at radius 2 is 1.65 bits per heavy atom. The molecule has 3 rings (SSSR count). The van der Waals surface area contributed by atoms with E-state index in [9.17, 15) is 0 Å². The molecule has 0 radical (unpaired) electrons. The molecule has 0 amide bonds. The van der Waals surface area contributed by atoms with Crippen molar-refractivity contribution in [1.82, 2.24) is 4.98 Å². The van der Waals surface area contributed by atoms with Gasteiger partial charge in [0, 0.05) is 0 Å².